The number of aryl methyl sites for hydroxylation is 1. The second kappa shape index (κ2) is 15.3. The van der Waals surface area contributed by atoms with Gasteiger partial charge in [-0.3, -0.25) is 4.79 Å². The first-order chi connectivity index (χ1) is 12.3. The van der Waals surface area contributed by atoms with E-state index in [1.807, 2.05) is 6.07 Å². The van der Waals surface area contributed by atoms with E-state index in [2.05, 4.69) is 52.8 Å². The van der Waals surface area contributed by atoms with E-state index in [0.29, 0.717) is 6.42 Å². The Morgan fingerprint density at radius 2 is 1.32 bits per heavy atom. The van der Waals surface area contributed by atoms with Crippen LogP contribution >= 0.6 is 0 Å². The third-order valence-electron chi connectivity index (χ3n) is 3.93. The molecule has 0 aliphatic rings. The fourth-order valence-electron chi connectivity index (χ4n) is 2.50. The SMILES string of the molecule is O=C(O)CCCCCCCCC#CC#CCCCC[n+]1ccccc1. The zero-order chi connectivity index (χ0) is 18.0. The maximum absolute atomic E-state index is 10.4. The number of unbranched alkanes of at least 4 members (excludes halogenated alkanes) is 8. The normalized spacial score (nSPS) is 9.60. The molecule has 1 N–H and O–H groups in total. The predicted molar refractivity (Wildman–Crippen MR) is 101 cm³/mol. The molecule has 0 unspecified atom stereocenters. The van der Waals surface area contributed by atoms with E-state index in [0.717, 1.165) is 57.9 Å². The van der Waals surface area contributed by atoms with E-state index in [9.17, 15) is 4.79 Å². The first-order valence-electron chi connectivity index (χ1n) is 9.40. The predicted octanol–water partition coefficient (Wildman–Crippen LogP) is 4.36. The Bertz CT molecular complexity index is 587. The molecule has 1 aromatic heterocycles. The molecular weight excluding hydrogens is 310 g/mol. The smallest absolute Gasteiger partial charge is 0.303 e. The average Bonchev–Trinajstić information content (AvgIpc) is 2.62. The van der Waals surface area contributed by atoms with Crippen LogP contribution in [-0.4, -0.2) is 11.1 Å². The van der Waals surface area contributed by atoms with E-state index in [1.165, 1.54) is 12.8 Å². The van der Waals surface area contributed by atoms with Gasteiger partial charge < -0.3 is 5.11 Å². The molecule has 1 aromatic rings. The van der Waals surface area contributed by atoms with Gasteiger partial charge in [0.2, 0.25) is 0 Å². The Morgan fingerprint density at radius 3 is 1.96 bits per heavy atom. The zero-order valence-corrected chi connectivity index (χ0v) is 15.2. The van der Waals surface area contributed by atoms with Crippen molar-refractivity contribution in [2.24, 2.45) is 0 Å². The summed E-state index contributed by atoms with van der Waals surface area (Å²) in [5.41, 5.74) is 0. The Hall–Kier alpha value is -2.26. The number of nitrogens with zero attached hydrogens (tertiary/aromatic N) is 1. The van der Waals surface area contributed by atoms with Gasteiger partial charge in [0.15, 0.2) is 12.4 Å². The molecular formula is C22H30NO2+. The minimum atomic E-state index is -0.688. The fourth-order valence-corrected chi connectivity index (χ4v) is 2.50. The number of aromatic nitrogens is 1. The van der Waals surface area contributed by atoms with Crippen LogP contribution in [0.2, 0.25) is 0 Å². The number of aliphatic carboxylic acids is 1. The van der Waals surface area contributed by atoms with Crippen molar-refractivity contribution in [2.45, 2.75) is 77.2 Å². The molecule has 0 spiro atoms. The first kappa shape index (κ1) is 20.8. The van der Waals surface area contributed by atoms with Gasteiger partial charge in [0.05, 0.1) is 0 Å². The second-order valence-electron chi connectivity index (χ2n) is 6.19. The molecule has 0 radical (unpaired) electrons. The quantitative estimate of drug-likeness (QED) is 0.349. The molecule has 0 amide bonds. The summed E-state index contributed by atoms with van der Waals surface area (Å²) in [6.45, 7) is 1.05. The average molecular weight is 340 g/mol. The lowest BCUT2D eigenvalue weighted by atomic mass is 10.1. The summed E-state index contributed by atoms with van der Waals surface area (Å²) in [5.74, 6) is 11.4. The molecule has 0 saturated carbocycles. The molecule has 0 aromatic carbocycles. The molecule has 1 heterocycles. The number of hydrogen-bond donors (Lipinski definition) is 1. The Labute approximate surface area is 152 Å². The molecule has 134 valence electrons. The topological polar surface area (TPSA) is 41.2 Å². The number of carboxylic acid groups (broad SMARTS) is 1. The van der Waals surface area contributed by atoms with Crippen LogP contribution in [0.15, 0.2) is 30.6 Å². The third-order valence-corrected chi connectivity index (χ3v) is 3.93. The Balaban J connectivity index is 1.89. The minimum absolute atomic E-state index is 0.301. The number of pyridine rings is 1. The van der Waals surface area contributed by atoms with Gasteiger partial charge in [0.25, 0.3) is 0 Å². The molecule has 1 rings (SSSR count). The van der Waals surface area contributed by atoms with E-state index >= 15 is 0 Å². The van der Waals surface area contributed by atoms with Crippen LogP contribution in [0.1, 0.15) is 70.6 Å². The first-order valence-corrected chi connectivity index (χ1v) is 9.40. The maximum Gasteiger partial charge on any atom is 0.303 e. The molecule has 0 bridgehead atoms. The summed E-state index contributed by atoms with van der Waals surface area (Å²) in [6, 6.07) is 6.13. The highest BCUT2D eigenvalue weighted by atomic mass is 16.4. The van der Waals surface area contributed by atoms with Gasteiger partial charge in [0.1, 0.15) is 6.54 Å². The van der Waals surface area contributed by atoms with Gasteiger partial charge in [-0.05, 0) is 31.1 Å². The highest BCUT2D eigenvalue weighted by Crippen LogP contribution is 2.08. The van der Waals surface area contributed by atoms with Crippen molar-refractivity contribution in [1.82, 2.24) is 0 Å². The van der Waals surface area contributed by atoms with E-state index < -0.39 is 5.97 Å². The van der Waals surface area contributed by atoms with Crippen LogP contribution in [0.4, 0.5) is 0 Å². The van der Waals surface area contributed by atoms with E-state index in [1.54, 1.807) is 0 Å². The summed E-state index contributed by atoms with van der Waals surface area (Å²) >= 11 is 0. The minimum Gasteiger partial charge on any atom is -0.481 e. The zero-order valence-electron chi connectivity index (χ0n) is 15.2. The summed E-state index contributed by atoms with van der Waals surface area (Å²) in [7, 11) is 0. The van der Waals surface area contributed by atoms with Crippen LogP contribution < -0.4 is 4.57 Å². The van der Waals surface area contributed by atoms with Crippen molar-refractivity contribution < 1.29 is 14.5 Å². The van der Waals surface area contributed by atoms with Crippen molar-refractivity contribution in [1.29, 1.82) is 0 Å². The largest absolute Gasteiger partial charge is 0.481 e. The van der Waals surface area contributed by atoms with Crippen molar-refractivity contribution in [3.8, 4) is 23.7 Å². The molecule has 0 aliphatic carbocycles. The standard InChI is InChI=1S/C22H29NO2/c24-22(25)18-14-11-9-7-5-3-1-2-4-6-8-10-12-15-19-23-20-16-13-17-21-23/h13,16-17,20-21H,1,3,5,7,9-12,14-15,18-19H2/p+1. The lowest BCUT2D eigenvalue weighted by Gasteiger charge is -1.98. The van der Waals surface area contributed by atoms with Gasteiger partial charge in [-0.1, -0.05) is 43.6 Å². The van der Waals surface area contributed by atoms with Crippen molar-refractivity contribution >= 4 is 5.97 Å². The van der Waals surface area contributed by atoms with Gasteiger partial charge >= 0.3 is 5.97 Å². The van der Waals surface area contributed by atoms with Crippen molar-refractivity contribution in [2.75, 3.05) is 0 Å². The Kier molecular flexibility index (Phi) is 12.7. The van der Waals surface area contributed by atoms with Gasteiger partial charge in [-0.2, -0.15) is 0 Å². The summed E-state index contributed by atoms with van der Waals surface area (Å²) in [6.07, 6.45) is 15.0. The molecule has 0 saturated heterocycles. The van der Waals surface area contributed by atoms with Crippen LogP contribution in [0.3, 0.4) is 0 Å². The van der Waals surface area contributed by atoms with Gasteiger partial charge in [0, 0.05) is 37.8 Å². The van der Waals surface area contributed by atoms with Crippen LogP contribution in [-0.2, 0) is 11.3 Å². The fraction of sp³-hybridized carbons (Fsp3) is 0.545. The maximum atomic E-state index is 10.4. The summed E-state index contributed by atoms with van der Waals surface area (Å²) < 4.78 is 2.19. The number of carboxylic acids is 1. The van der Waals surface area contributed by atoms with Crippen LogP contribution in [0, 0.1) is 23.7 Å². The number of rotatable bonds is 12. The van der Waals surface area contributed by atoms with Crippen molar-refractivity contribution in [3.05, 3.63) is 30.6 Å². The summed E-state index contributed by atoms with van der Waals surface area (Å²) in [5, 5.41) is 8.54. The number of hydrogen-bond acceptors (Lipinski definition) is 1. The van der Waals surface area contributed by atoms with Crippen LogP contribution in [0.25, 0.3) is 0 Å². The van der Waals surface area contributed by atoms with E-state index in [-0.39, 0.29) is 0 Å². The molecule has 25 heavy (non-hydrogen) atoms. The van der Waals surface area contributed by atoms with Crippen LogP contribution in [0.5, 0.6) is 0 Å². The lowest BCUT2D eigenvalue weighted by molar-refractivity contribution is -0.697. The molecule has 3 nitrogen and oxygen atoms in total. The highest BCUT2D eigenvalue weighted by molar-refractivity contribution is 5.66. The van der Waals surface area contributed by atoms with E-state index in [4.69, 9.17) is 5.11 Å². The molecule has 0 fully saturated rings. The molecule has 0 aliphatic heterocycles. The highest BCUT2D eigenvalue weighted by Gasteiger charge is 1.96. The summed E-state index contributed by atoms with van der Waals surface area (Å²) in [4.78, 5) is 10.4. The van der Waals surface area contributed by atoms with Gasteiger partial charge in [-0.15, -0.1) is 0 Å². The Morgan fingerprint density at radius 1 is 0.760 bits per heavy atom. The van der Waals surface area contributed by atoms with Gasteiger partial charge in [-0.25, -0.2) is 4.57 Å². The number of carbonyl (C=O) groups is 1. The molecule has 3 heteroatoms. The third kappa shape index (κ3) is 13.8. The molecule has 0 atom stereocenters. The monoisotopic (exact) mass is 340 g/mol. The second-order valence-corrected chi connectivity index (χ2v) is 6.19. The van der Waals surface area contributed by atoms with Crippen molar-refractivity contribution in [3.63, 3.8) is 0 Å². The lowest BCUT2D eigenvalue weighted by Crippen LogP contribution is -2.32.